The van der Waals surface area contributed by atoms with Crippen molar-refractivity contribution in [3.63, 3.8) is 0 Å². The Kier molecular flexibility index (Phi) is 5.56. The first-order valence-corrected chi connectivity index (χ1v) is 5.28. The van der Waals surface area contributed by atoms with Gasteiger partial charge in [-0.25, -0.2) is 0 Å². The molecule has 0 saturated carbocycles. The molecular formula is C11H25N. The van der Waals surface area contributed by atoms with Gasteiger partial charge < -0.3 is 5.73 Å². The zero-order valence-electron chi connectivity index (χ0n) is 9.19. The molecule has 0 aromatic heterocycles. The van der Waals surface area contributed by atoms with Crippen LogP contribution in [0.25, 0.3) is 0 Å². The molecule has 0 saturated heterocycles. The SMILES string of the molecule is CCCC(C)(CN)CC(C)CC. The maximum Gasteiger partial charge on any atom is -0.00231 e. The fourth-order valence-electron chi connectivity index (χ4n) is 1.88. The van der Waals surface area contributed by atoms with Crippen LogP contribution in [0.4, 0.5) is 0 Å². The van der Waals surface area contributed by atoms with Crippen LogP contribution in [0.1, 0.15) is 53.4 Å². The first kappa shape index (κ1) is 12.0. The summed E-state index contributed by atoms with van der Waals surface area (Å²) < 4.78 is 0. The first-order chi connectivity index (χ1) is 5.58. The number of hydrogen-bond acceptors (Lipinski definition) is 1. The molecule has 0 aliphatic heterocycles. The Morgan fingerprint density at radius 3 is 2.25 bits per heavy atom. The topological polar surface area (TPSA) is 26.0 Å². The Labute approximate surface area is 77.7 Å². The van der Waals surface area contributed by atoms with Crippen molar-refractivity contribution in [2.75, 3.05) is 6.54 Å². The van der Waals surface area contributed by atoms with Gasteiger partial charge in [0.2, 0.25) is 0 Å². The quantitative estimate of drug-likeness (QED) is 0.652. The molecule has 1 nitrogen and oxygen atoms in total. The van der Waals surface area contributed by atoms with Crippen LogP contribution in [-0.2, 0) is 0 Å². The fraction of sp³-hybridized carbons (Fsp3) is 1.00. The van der Waals surface area contributed by atoms with Gasteiger partial charge in [0, 0.05) is 0 Å². The minimum Gasteiger partial charge on any atom is -0.330 e. The van der Waals surface area contributed by atoms with E-state index in [9.17, 15) is 0 Å². The molecule has 0 radical (unpaired) electrons. The minimum absolute atomic E-state index is 0.393. The zero-order valence-corrected chi connectivity index (χ0v) is 9.19. The van der Waals surface area contributed by atoms with Crippen LogP contribution in [0.3, 0.4) is 0 Å². The van der Waals surface area contributed by atoms with Crippen LogP contribution >= 0.6 is 0 Å². The molecule has 12 heavy (non-hydrogen) atoms. The lowest BCUT2D eigenvalue weighted by Gasteiger charge is -2.30. The fourth-order valence-corrected chi connectivity index (χ4v) is 1.88. The molecule has 0 fully saturated rings. The molecule has 2 atom stereocenters. The Bertz CT molecular complexity index is 112. The monoisotopic (exact) mass is 171 g/mol. The maximum atomic E-state index is 5.80. The van der Waals surface area contributed by atoms with Gasteiger partial charge in [-0.15, -0.1) is 0 Å². The van der Waals surface area contributed by atoms with Gasteiger partial charge in [0.15, 0.2) is 0 Å². The number of hydrogen-bond donors (Lipinski definition) is 1. The molecule has 2 unspecified atom stereocenters. The van der Waals surface area contributed by atoms with Crippen LogP contribution in [0, 0.1) is 11.3 Å². The highest BCUT2D eigenvalue weighted by molar-refractivity contribution is 4.76. The highest BCUT2D eigenvalue weighted by atomic mass is 14.6. The van der Waals surface area contributed by atoms with E-state index in [2.05, 4.69) is 27.7 Å². The van der Waals surface area contributed by atoms with Gasteiger partial charge in [-0.1, -0.05) is 40.5 Å². The molecule has 0 heterocycles. The van der Waals surface area contributed by atoms with Gasteiger partial charge in [0.25, 0.3) is 0 Å². The number of rotatable bonds is 6. The molecule has 0 amide bonds. The molecule has 0 rings (SSSR count). The third-order valence-electron chi connectivity index (χ3n) is 2.88. The summed E-state index contributed by atoms with van der Waals surface area (Å²) in [5.41, 5.74) is 6.19. The highest BCUT2D eigenvalue weighted by Gasteiger charge is 2.23. The van der Waals surface area contributed by atoms with Crippen molar-refractivity contribution in [3.8, 4) is 0 Å². The van der Waals surface area contributed by atoms with Gasteiger partial charge in [0.1, 0.15) is 0 Å². The average Bonchev–Trinajstić information content (AvgIpc) is 2.05. The van der Waals surface area contributed by atoms with Crippen molar-refractivity contribution in [1.82, 2.24) is 0 Å². The Hall–Kier alpha value is -0.0400. The van der Waals surface area contributed by atoms with E-state index in [0.717, 1.165) is 12.5 Å². The van der Waals surface area contributed by atoms with E-state index >= 15 is 0 Å². The van der Waals surface area contributed by atoms with Crippen molar-refractivity contribution in [2.24, 2.45) is 17.1 Å². The van der Waals surface area contributed by atoms with Gasteiger partial charge in [0.05, 0.1) is 0 Å². The lowest BCUT2D eigenvalue weighted by molar-refractivity contribution is 0.232. The van der Waals surface area contributed by atoms with E-state index in [1.54, 1.807) is 0 Å². The second-order valence-electron chi connectivity index (χ2n) is 4.48. The van der Waals surface area contributed by atoms with E-state index in [4.69, 9.17) is 5.73 Å². The molecule has 0 spiro atoms. The third kappa shape index (κ3) is 4.10. The van der Waals surface area contributed by atoms with Crippen molar-refractivity contribution in [1.29, 1.82) is 0 Å². The predicted octanol–water partition coefficient (Wildman–Crippen LogP) is 3.19. The Balaban J connectivity index is 3.94. The van der Waals surface area contributed by atoms with Gasteiger partial charge in [-0.05, 0) is 30.7 Å². The molecule has 0 aromatic rings. The molecule has 74 valence electrons. The van der Waals surface area contributed by atoms with Crippen LogP contribution in [0.15, 0.2) is 0 Å². The Morgan fingerprint density at radius 1 is 1.33 bits per heavy atom. The van der Waals surface area contributed by atoms with Crippen LogP contribution in [0.5, 0.6) is 0 Å². The maximum absolute atomic E-state index is 5.80. The van der Waals surface area contributed by atoms with E-state index in [1.165, 1.54) is 25.7 Å². The summed E-state index contributed by atoms with van der Waals surface area (Å²) in [4.78, 5) is 0. The van der Waals surface area contributed by atoms with Gasteiger partial charge in [-0.2, -0.15) is 0 Å². The van der Waals surface area contributed by atoms with Crippen LogP contribution in [-0.4, -0.2) is 6.54 Å². The summed E-state index contributed by atoms with van der Waals surface area (Å²) in [6.07, 6.45) is 5.09. The standard InChI is InChI=1S/C11H25N/c1-5-7-11(4,9-12)8-10(3)6-2/h10H,5-9,12H2,1-4H3. The molecule has 0 aliphatic carbocycles. The lowest BCUT2D eigenvalue weighted by atomic mass is 9.77. The van der Waals surface area contributed by atoms with Crippen molar-refractivity contribution in [3.05, 3.63) is 0 Å². The van der Waals surface area contributed by atoms with E-state index in [-0.39, 0.29) is 0 Å². The van der Waals surface area contributed by atoms with Crippen LogP contribution in [0.2, 0.25) is 0 Å². The van der Waals surface area contributed by atoms with Gasteiger partial charge in [-0.3, -0.25) is 0 Å². The summed E-state index contributed by atoms with van der Waals surface area (Å²) >= 11 is 0. The first-order valence-electron chi connectivity index (χ1n) is 5.28. The zero-order chi connectivity index (χ0) is 9.61. The van der Waals surface area contributed by atoms with E-state index < -0.39 is 0 Å². The minimum atomic E-state index is 0.393. The molecule has 0 bridgehead atoms. The second-order valence-corrected chi connectivity index (χ2v) is 4.48. The molecular weight excluding hydrogens is 146 g/mol. The van der Waals surface area contributed by atoms with E-state index in [1.807, 2.05) is 0 Å². The second kappa shape index (κ2) is 5.58. The third-order valence-corrected chi connectivity index (χ3v) is 2.88. The molecule has 0 aliphatic rings. The van der Waals surface area contributed by atoms with Crippen molar-refractivity contribution >= 4 is 0 Å². The molecule has 1 heteroatoms. The van der Waals surface area contributed by atoms with Crippen LogP contribution < -0.4 is 5.73 Å². The summed E-state index contributed by atoms with van der Waals surface area (Å²) in [5.74, 6) is 0.824. The summed E-state index contributed by atoms with van der Waals surface area (Å²) in [6.45, 7) is 9.98. The molecule has 2 N–H and O–H groups in total. The summed E-state index contributed by atoms with van der Waals surface area (Å²) in [7, 11) is 0. The predicted molar refractivity (Wildman–Crippen MR) is 56.1 cm³/mol. The van der Waals surface area contributed by atoms with Gasteiger partial charge >= 0.3 is 0 Å². The largest absolute Gasteiger partial charge is 0.330 e. The van der Waals surface area contributed by atoms with Crippen molar-refractivity contribution in [2.45, 2.75) is 53.4 Å². The lowest BCUT2D eigenvalue weighted by Crippen LogP contribution is -2.29. The molecule has 0 aromatic carbocycles. The summed E-state index contributed by atoms with van der Waals surface area (Å²) in [5, 5.41) is 0. The number of nitrogens with two attached hydrogens (primary N) is 1. The normalized spacial score (nSPS) is 18.8. The van der Waals surface area contributed by atoms with Crippen molar-refractivity contribution < 1.29 is 0 Å². The summed E-state index contributed by atoms with van der Waals surface area (Å²) in [6, 6.07) is 0. The smallest absolute Gasteiger partial charge is 0.00231 e. The average molecular weight is 171 g/mol. The highest BCUT2D eigenvalue weighted by Crippen LogP contribution is 2.30. The Morgan fingerprint density at radius 2 is 1.92 bits per heavy atom. The van der Waals surface area contributed by atoms with E-state index in [0.29, 0.717) is 5.41 Å².